The summed E-state index contributed by atoms with van der Waals surface area (Å²) < 4.78 is 0. The lowest BCUT2D eigenvalue weighted by Gasteiger charge is -2.14. The highest BCUT2D eigenvalue weighted by Gasteiger charge is 2.04. The van der Waals surface area contributed by atoms with Crippen LogP contribution in [0.25, 0.3) is 10.9 Å². The Kier molecular flexibility index (Phi) is 1.94. The van der Waals surface area contributed by atoms with Crippen LogP contribution in [0.2, 0.25) is 0 Å². The number of rotatable bonds is 2. The summed E-state index contributed by atoms with van der Waals surface area (Å²) in [6.45, 7) is 0.530. The van der Waals surface area contributed by atoms with E-state index in [1.807, 2.05) is 30.3 Å². The first-order chi connectivity index (χ1) is 6.33. The number of H-pyrrole nitrogens is 1. The van der Waals surface area contributed by atoms with Crippen molar-refractivity contribution in [1.29, 1.82) is 0 Å². The fourth-order valence-corrected chi connectivity index (χ4v) is 1.47. The minimum atomic E-state index is 0.530. The number of nitrogens with zero attached hydrogens (tertiary/aromatic N) is 1. The topological polar surface area (TPSA) is 45.0 Å². The lowest BCUT2D eigenvalue weighted by Crippen LogP contribution is -2.24. The first kappa shape index (κ1) is 8.13. The maximum Gasteiger partial charge on any atom is 0.0654 e. The van der Waals surface area contributed by atoms with Gasteiger partial charge in [-0.25, -0.2) is 0 Å². The van der Waals surface area contributed by atoms with E-state index < -0.39 is 0 Å². The van der Waals surface area contributed by atoms with Gasteiger partial charge in [-0.15, -0.1) is 0 Å². The Hall–Kier alpha value is -1.48. The Labute approximate surface area is 77.2 Å². The van der Waals surface area contributed by atoms with Gasteiger partial charge in [-0.05, 0) is 6.07 Å². The minimum absolute atomic E-state index is 0.530. The Balaban J connectivity index is 2.57. The van der Waals surface area contributed by atoms with Crippen LogP contribution in [-0.4, -0.2) is 18.7 Å². The summed E-state index contributed by atoms with van der Waals surface area (Å²) >= 11 is 0. The van der Waals surface area contributed by atoms with Crippen LogP contribution >= 0.6 is 0 Å². The van der Waals surface area contributed by atoms with Gasteiger partial charge in [-0.1, -0.05) is 18.2 Å². The van der Waals surface area contributed by atoms with Crippen LogP contribution in [-0.2, 0) is 0 Å². The molecular formula is C10H13N3. The highest BCUT2D eigenvalue weighted by atomic mass is 15.2. The molecule has 0 fully saturated rings. The van der Waals surface area contributed by atoms with Crippen molar-refractivity contribution in [3.8, 4) is 0 Å². The molecule has 13 heavy (non-hydrogen) atoms. The van der Waals surface area contributed by atoms with E-state index in [0.29, 0.717) is 6.67 Å². The highest BCUT2D eigenvalue weighted by molar-refractivity contribution is 5.92. The van der Waals surface area contributed by atoms with Crippen molar-refractivity contribution in [3.05, 3.63) is 30.5 Å². The molecule has 0 amide bonds. The van der Waals surface area contributed by atoms with Gasteiger partial charge < -0.3 is 15.6 Å². The molecule has 0 bridgehead atoms. The third-order valence-corrected chi connectivity index (χ3v) is 2.25. The average molecular weight is 175 g/mol. The van der Waals surface area contributed by atoms with E-state index in [1.54, 1.807) is 0 Å². The van der Waals surface area contributed by atoms with Crippen LogP contribution in [0, 0.1) is 0 Å². The summed E-state index contributed by atoms with van der Waals surface area (Å²) in [5.74, 6) is 0. The van der Waals surface area contributed by atoms with Crippen LogP contribution in [0.5, 0.6) is 0 Å². The Morgan fingerprint density at radius 1 is 1.38 bits per heavy atom. The van der Waals surface area contributed by atoms with Gasteiger partial charge in [-0.2, -0.15) is 0 Å². The average Bonchev–Trinajstić information content (AvgIpc) is 2.60. The van der Waals surface area contributed by atoms with Crippen molar-refractivity contribution in [2.75, 3.05) is 18.6 Å². The molecule has 0 spiro atoms. The van der Waals surface area contributed by atoms with Crippen LogP contribution < -0.4 is 10.6 Å². The quantitative estimate of drug-likeness (QED) is 0.680. The molecule has 0 unspecified atom stereocenters. The van der Waals surface area contributed by atoms with Crippen LogP contribution in [0.3, 0.4) is 0 Å². The first-order valence-corrected chi connectivity index (χ1v) is 4.30. The number of nitrogens with two attached hydrogens (primary N) is 1. The monoisotopic (exact) mass is 175 g/mol. The van der Waals surface area contributed by atoms with Gasteiger partial charge in [0.25, 0.3) is 0 Å². The smallest absolute Gasteiger partial charge is 0.0654 e. The number of hydrogen-bond acceptors (Lipinski definition) is 2. The van der Waals surface area contributed by atoms with Gasteiger partial charge in [0.1, 0.15) is 0 Å². The van der Waals surface area contributed by atoms with E-state index in [-0.39, 0.29) is 0 Å². The van der Waals surface area contributed by atoms with Crippen molar-refractivity contribution in [3.63, 3.8) is 0 Å². The molecule has 3 heteroatoms. The molecule has 0 saturated carbocycles. The van der Waals surface area contributed by atoms with E-state index in [9.17, 15) is 0 Å². The molecule has 1 heterocycles. The lowest BCUT2D eigenvalue weighted by atomic mass is 10.2. The van der Waals surface area contributed by atoms with Crippen LogP contribution in [0.4, 0.5) is 5.69 Å². The number of para-hydroxylation sites is 1. The fourth-order valence-electron chi connectivity index (χ4n) is 1.47. The van der Waals surface area contributed by atoms with Gasteiger partial charge in [0.05, 0.1) is 12.4 Å². The van der Waals surface area contributed by atoms with Crippen molar-refractivity contribution in [2.24, 2.45) is 5.73 Å². The Morgan fingerprint density at radius 2 is 2.15 bits per heavy atom. The van der Waals surface area contributed by atoms with E-state index in [2.05, 4.69) is 17.1 Å². The predicted molar refractivity (Wildman–Crippen MR) is 55.8 cm³/mol. The number of hydrogen-bond donors (Lipinski definition) is 2. The SMILES string of the molecule is CN(CN)c1c[nH]c2ccccc12. The van der Waals surface area contributed by atoms with E-state index in [1.165, 1.54) is 5.39 Å². The zero-order valence-corrected chi connectivity index (χ0v) is 7.62. The van der Waals surface area contributed by atoms with Crippen molar-refractivity contribution < 1.29 is 0 Å². The van der Waals surface area contributed by atoms with Gasteiger partial charge in [0, 0.05) is 24.1 Å². The maximum atomic E-state index is 5.57. The Morgan fingerprint density at radius 3 is 2.92 bits per heavy atom. The zero-order chi connectivity index (χ0) is 9.26. The number of fused-ring (bicyclic) bond motifs is 1. The molecule has 0 radical (unpaired) electrons. The zero-order valence-electron chi connectivity index (χ0n) is 7.62. The largest absolute Gasteiger partial charge is 0.360 e. The second kappa shape index (κ2) is 3.11. The third kappa shape index (κ3) is 1.27. The maximum absolute atomic E-state index is 5.57. The molecule has 1 aromatic carbocycles. The molecule has 3 nitrogen and oxygen atoms in total. The standard InChI is InChI=1S/C10H13N3/c1-13(7-11)10-6-12-9-5-3-2-4-8(9)10/h2-6,12H,7,11H2,1H3. The molecule has 68 valence electrons. The van der Waals surface area contributed by atoms with E-state index in [0.717, 1.165) is 11.2 Å². The highest BCUT2D eigenvalue weighted by Crippen LogP contribution is 2.24. The van der Waals surface area contributed by atoms with Crippen molar-refractivity contribution in [1.82, 2.24) is 4.98 Å². The molecule has 3 N–H and O–H groups in total. The summed E-state index contributed by atoms with van der Waals surface area (Å²) in [5, 5.41) is 1.22. The lowest BCUT2D eigenvalue weighted by molar-refractivity contribution is 0.937. The molecule has 0 saturated heterocycles. The minimum Gasteiger partial charge on any atom is -0.360 e. The molecule has 1 aromatic heterocycles. The second-order valence-corrected chi connectivity index (χ2v) is 3.10. The third-order valence-electron chi connectivity index (χ3n) is 2.25. The molecule has 0 aliphatic carbocycles. The number of benzene rings is 1. The molecule has 2 rings (SSSR count). The number of aromatic amines is 1. The van der Waals surface area contributed by atoms with E-state index >= 15 is 0 Å². The van der Waals surface area contributed by atoms with Gasteiger partial charge >= 0.3 is 0 Å². The molecule has 0 aliphatic rings. The van der Waals surface area contributed by atoms with Crippen LogP contribution in [0.15, 0.2) is 30.5 Å². The Bertz CT molecular complexity index is 405. The normalized spacial score (nSPS) is 10.6. The summed E-state index contributed by atoms with van der Waals surface area (Å²) in [5.41, 5.74) is 7.87. The second-order valence-electron chi connectivity index (χ2n) is 3.10. The van der Waals surface area contributed by atoms with E-state index in [4.69, 9.17) is 5.73 Å². The number of aromatic nitrogens is 1. The van der Waals surface area contributed by atoms with Crippen molar-refractivity contribution in [2.45, 2.75) is 0 Å². The van der Waals surface area contributed by atoms with Gasteiger partial charge in [-0.3, -0.25) is 0 Å². The predicted octanol–water partition coefficient (Wildman–Crippen LogP) is 1.52. The summed E-state index contributed by atoms with van der Waals surface area (Å²) in [6, 6.07) is 8.20. The summed E-state index contributed by atoms with van der Waals surface area (Å²) in [6.07, 6.45) is 1.98. The van der Waals surface area contributed by atoms with Gasteiger partial charge in [0.15, 0.2) is 0 Å². The molecular weight excluding hydrogens is 162 g/mol. The number of nitrogens with one attached hydrogen (secondary N) is 1. The number of anilines is 1. The summed E-state index contributed by atoms with van der Waals surface area (Å²) in [4.78, 5) is 5.22. The molecule has 0 aliphatic heterocycles. The fraction of sp³-hybridized carbons (Fsp3) is 0.200. The first-order valence-electron chi connectivity index (χ1n) is 4.30. The molecule has 0 atom stereocenters. The molecule has 2 aromatic rings. The van der Waals surface area contributed by atoms with Crippen LogP contribution in [0.1, 0.15) is 0 Å². The van der Waals surface area contributed by atoms with Crippen molar-refractivity contribution >= 4 is 16.6 Å². The summed E-state index contributed by atoms with van der Waals surface area (Å²) in [7, 11) is 1.98. The van der Waals surface area contributed by atoms with Gasteiger partial charge in [0.2, 0.25) is 0 Å².